The van der Waals surface area contributed by atoms with Gasteiger partial charge in [0.15, 0.2) is 11.9 Å². The summed E-state index contributed by atoms with van der Waals surface area (Å²) in [5.41, 5.74) is 6.13. The fraction of sp³-hybridized carbons (Fsp3) is 0.355. The zero-order valence-corrected chi connectivity index (χ0v) is 23.7. The molecule has 6 rings (SSSR count). The average Bonchev–Trinajstić information content (AvgIpc) is 3.44. The third-order valence-corrected chi connectivity index (χ3v) is 8.01. The minimum Gasteiger partial charge on any atom is -0.387 e. The molecule has 9 heteroatoms. The number of halogens is 1. The van der Waals surface area contributed by atoms with Gasteiger partial charge in [-0.2, -0.15) is 5.10 Å². The van der Waals surface area contributed by atoms with Crippen molar-refractivity contribution in [3.05, 3.63) is 84.8 Å². The third-order valence-electron chi connectivity index (χ3n) is 8.01. The number of amides is 1. The predicted molar refractivity (Wildman–Crippen MR) is 159 cm³/mol. The number of benzene rings is 1. The van der Waals surface area contributed by atoms with Gasteiger partial charge in [-0.3, -0.25) is 4.79 Å². The van der Waals surface area contributed by atoms with Crippen LogP contribution in [-0.4, -0.2) is 69.7 Å². The molecule has 2 N–H and O–H groups in total. The Morgan fingerprint density at radius 2 is 1.88 bits per heavy atom. The maximum Gasteiger partial charge on any atom is 0.330 e. The van der Waals surface area contributed by atoms with E-state index >= 15 is 0 Å². The van der Waals surface area contributed by atoms with Crippen molar-refractivity contribution in [3.8, 4) is 0 Å². The van der Waals surface area contributed by atoms with Crippen molar-refractivity contribution in [1.29, 1.82) is 0 Å². The van der Waals surface area contributed by atoms with Crippen LogP contribution in [0.5, 0.6) is 0 Å². The zero-order chi connectivity index (χ0) is 29.2. The van der Waals surface area contributed by atoms with E-state index in [1.54, 1.807) is 6.21 Å². The maximum absolute atomic E-state index is 13.4. The van der Waals surface area contributed by atoms with Crippen molar-refractivity contribution in [2.75, 3.05) is 30.4 Å². The number of aryl methyl sites for hydroxylation is 2. The number of amidine groups is 1. The maximum atomic E-state index is 13.4. The van der Waals surface area contributed by atoms with Crippen molar-refractivity contribution in [2.24, 2.45) is 10.4 Å². The number of nitrogens with one attached hydrogen (secondary N) is 1. The highest BCUT2D eigenvalue weighted by molar-refractivity contribution is 6.05. The molecule has 1 unspecified atom stereocenters. The lowest BCUT2D eigenvalue weighted by Crippen LogP contribution is -2.70. The fourth-order valence-electron chi connectivity index (χ4n) is 5.68. The summed E-state index contributed by atoms with van der Waals surface area (Å²) in [6, 6.07) is 10.1. The van der Waals surface area contributed by atoms with E-state index in [2.05, 4.69) is 59.1 Å². The highest BCUT2D eigenvalue weighted by atomic mass is 19.1. The molecule has 3 aliphatic rings. The minimum atomic E-state index is -1.14. The Morgan fingerprint density at radius 1 is 1.18 bits per heavy atom. The zero-order valence-electron chi connectivity index (χ0n) is 23.7. The van der Waals surface area contributed by atoms with Gasteiger partial charge in [-0.05, 0) is 80.6 Å². The molecule has 1 aromatic carbocycles. The van der Waals surface area contributed by atoms with E-state index in [1.165, 1.54) is 12.6 Å². The monoisotopic (exact) mass is 545 g/mol. The van der Waals surface area contributed by atoms with Crippen LogP contribution in [-0.2, 0) is 4.79 Å². The van der Waals surface area contributed by atoms with Crippen molar-refractivity contribution in [2.45, 2.75) is 45.4 Å². The van der Waals surface area contributed by atoms with Crippen LogP contribution in [0.25, 0.3) is 5.52 Å². The number of anilines is 2. The van der Waals surface area contributed by atoms with Crippen LogP contribution in [0.2, 0.25) is 0 Å². The lowest BCUT2D eigenvalue weighted by molar-refractivity contribution is -0.430. The second kappa shape index (κ2) is 11.2. The van der Waals surface area contributed by atoms with E-state index in [1.807, 2.05) is 53.7 Å². The summed E-state index contributed by atoms with van der Waals surface area (Å²) in [6.07, 6.45) is 6.28. The summed E-state index contributed by atoms with van der Waals surface area (Å²) >= 11 is 0. The number of nitrogens with zero attached hydrogens (tertiary/aromatic N) is 5. The van der Waals surface area contributed by atoms with Gasteiger partial charge in [-0.25, -0.2) is 13.5 Å². The van der Waals surface area contributed by atoms with E-state index in [0.717, 1.165) is 52.5 Å². The lowest BCUT2D eigenvalue weighted by Gasteiger charge is -2.63. The van der Waals surface area contributed by atoms with E-state index in [-0.39, 0.29) is 5.41 Å². The number of rotatable bonds is 5. The first-order valence-corrected chi connectivity index (χ1v) is 13.2. The Morgan fingerprint density at radius 3 is 2.48 bits per heavy atom. The Balaban J connectivity index is 0.000000178. The quantitative estimate of drug-likeness (QED) is 0.277. The molecule has 40 heavy (non-hydrogen) atoms. The number of pyridine rings is 1. The van der Waals surface area contributed by atoms with Gasteiger partial charge >= 0.3 is 5.84 Å². The molecule has 2 aromatic heterocycles. The van der Waals surface area contributed by atoms with Gasteiger partial charge in [0.05, 0.1) is 29.9 Å². The molecule has 1 atom stereocenters. The fourth-order valence-corrected chi connectivity index (χ4v) is 5.68. The second-order valence-electron chi connectivity index (χ2n) is 10.9. The van der Waals surface area contributed by atoms with Crippen LogP contribution in [0.3, 0.4) is 0 Å². The van der Waals surface area contributed by atoms with Crippen LogP contribution in [0.1, 0.15) is 36.5 Å². The number of hydrogen-bond donors (Lipinski definition) is 2. The first kappa shape index (κ1) is 28.9. The van der Waals surface area contributed by atoms with Gasteiger partial charge in [0.2, 0.25) is 6.41 Å². The molecule has 4 heterocycles. The second-order valence-corrected chi connectivity index (χ2v) is 10.9. The number of allylic oxidation sites excluding steroid dienone is 1. The molecule has 2 aliphatic heterocycles. The van der Waals surface area contributed by atoms with Gasteiger partial charge in [0.25, 0.3) is 0 Å². The van der Waals surface area contributed by atoms with Crippen LogP contribution in [0.4, 0.5) is 15.8 Å². The SMILES string of the molecule is C=C.C=C1C=NC(c2ccc(C)c(NC=O)c2)=[N+]1C.Cc1cnn2ccc(N3CC4(C3)CC(O)(C(C)F)C4)cc12. The first-order chi connectivity index (χ1) is 19.0. The van der Waals surface area contributed by atoms with Crippen LogP contribution in [0.15, 0.2) is 73.2 Å². The molecule has 2 fully saturated rings. The molecular formula is C31H38FN6O2+. The summed E-state index contributed by atoms with van der Waals surface area (Å²) in [4.78, 5) is 17.1. The summed E-state index contributed by atoms with van der Waals surface area (Å²) in [7, 11) is 1.91. The number of fused-ring (bicyclic) bond motifs is 1. The summed E-state index contributed by atoms with van der Waals surface area (Å²) in [6.45, 7) is 17.1. The molecule has 8 nitrogen and oxygen atoms in total. The molecule has 1 saturated carbocycles. The number of alkyl halides is 1. The van der Waals surface area contributed by atoms with Crippen molar-refractivity contribution in [1.82, 2.24) is 9.61 Å². The molecule has 0 bridgehead atoms. The normalized spacial score (nSPS) is 18.8. The standard InChI is InChI=1S/C16H20FN3O.C13H13N3O.C2H4/c1-11-6-18-20-4-3-13(5-14(11)20)19-9-15(10-19)7-16(21,8-15)12(2)17;1-9-4-5-11(6-12(9)15-8-17)13-14-7-10(2)16(13)3;1-2/h3-6,12,21H,7-10H2,1-2H3;4-8H,2H2,1,3H3;1-2H2/p+1. The van der Waals surface area contributed by atoms with Crippen molar-refractivity contribution >= 4 is 35.4 Å². The van der Waals surface area contributed by atoms with Gasteiger partial charge in [0.1, 0.15) is 6.17 Å². The molecule has 210 valence electrons. The molecule has 3 aromatic rings. The number of aliphatic imine (C=N–C) groups is 1. The van der Waals surface area contributed by atoms with Crippen LogP contribution >= 0.6 is 0 Å². The first-order valence-electron chi connectivity index (χ1n) is 13.2. The molecule has 1 spiro atoms. The predicted octanol–water partition coefficient (Wildman–Crippen LogP) is 4.68. The van der Waals surface area contributed by atoms with Gasteiger partial charge < -0.3 is 15.3 Å². The molecular weight excluding hydrogens is 507 g/mol. The van der Waals surface area contributed by atoms with Crippen molar-refractivity contribution < 1.29 is 18.9 Å². The number of carbonyl (C=O) groups excluding carboxylic acids is 1. The highest BCUT2D eigenvalue weighted by Crippen LogP contribution is 2.56. The summed E-state index contributed by atoms with van der Waals surface area (Å²) in [5.74, 6) is 0.837. The Bertz CT molecular complexity index is 1490. The van der Waals surface area contributed by atoms with Gasteiger partial charge in [-0.1, -0.05) is 6.07 Å². The Labute approximate surface area is 234 Å². The highest BCUT2D eigenvalue weighted by Gasteiger charge is 2.61. The molecule has 1 saturated heterocycles. The smallest absolute Gasteiger partial charge is 0.330 e. The minimum absolute atomic E-state index is 0.122. The number of carbonyl (C=O) groups is 1. The third kappa shape index (κ3) is 5.34. The topological polar surface area (TPSA) is 85.2 Å². The number of aliphatic hydroxyl groups is 1. The molecule has 0 radical (unpaired) electrons. The molecule has 1 aliphatic carbocycles. The Kier molecular flexibility index (Phi) is 8.07. The molecule has 1 amide bonds. The van der Waals surface area contributed by atoms with E-state index < -0.39 is 11.8 Å². The summed E-state index contributed by atoms with van der Waals surface area (Å²) < 4.78 is 17.2. The number of aromatic nitrogens is 2. The lowest BCUT2D eigenvalue weighted by atomic mass is 9.54. The van der Waals surface area contributed by atoms with Gasteiger partial charge in [0, 0.05) is 36.1 Å². The van der Waals surface area contributed by atoms with E-state index in [9.17, 15) is 14.3 Å². The van der Waals surface area contributed by atoms with Crippen LogP contribution in [0, 0.1) is 19.3 Å². The van der Waals surface area contributed by atoms with E-state index in [0.29, 0.717) is 19.3 Å². The summed E-state index contributed by atoms with van der Waals surface area (Å²) in [5, 5.41) is 17.0. The largest absolute Gasteiger partial charge is 0.387 e. The van der Waals surface area contributed by atoms with E-state index in [4.69, 9.17) is 0 Å². The number of hydrogen-bond acceptors (Lipinski definition) is 5. The van der Waals surface area contributed by atoms with Crippen LogP contribution < -0.4 is 10.2 Å². The average molecular weight is 546 g/mol. The van der Waals surface area contributed by atoms with Gasteiger partial charge in [-0.15, -0.1) is 13.2 Å². The van der Waals surface area contributed by atoms with Crippen molar-refractivity contribution in [3.63, 3.8) is 0 Å². The Hall–Kier alpha value is -4.11.